The molecule has 7 nitrogen and oxygen atoms in total. The van der Waals surface area contributed by atoms with Crippen LogP contribution >= 0.6 is 0 Å². The molecule has 0 fully saturated rings. The van der Waals surface area contributed by atoms with Crippen molar-refractivity contribution in [1.29, 1.82) is 0 Å². The molecular weight excluding hydrogens is 418 g/mol. The first-order valence-corrected chi connectivity index (χ1v) is 11.3. The van der Waals surface area contributed by atoms with Crippen molar-refractivity contribution in [3.63, 3.8) is 0 Å². The van der Waals surface area contributed by atoms with Crippen molar-refractivity contribution in [2.45, 2.75) is 39.3 Å². The highest BCUT2D eigenvalue weighted by molar-refractivity contribution is 5.47. The van der Waals surface area contributed by atoms with Gasteiger partial charge in [-0.15, -0.1) is 0 Å². The molecule has 0 saturated heterocycles. The minimum absolute atomic E-state index is 0.490. The molecule has 33 heavy (non-hydrogen) atoms. The lowest BCUT2D eigenvalue weighted by Gasteiger charge is -2.29. The first-order chi connectivity index (χ1) is 15.9. The molecule has 1 aromatic heterocycles. The van der Waals surface area contributed by atoms with E-state index in [9.17, 15) is 5.11 Å². The molecule has 0 aliphatic carbocycles. The third-order valence-electron chi connectivity index (χ3n) is 5.23. The van der Waals surface area contributed by atoms with Gasteiger partial charge in [0.1, 0.15) is 0 Å². The van der Waals surface area contributed by atoms with Gasteiger partial charge in [-0.05, 0) is 44.5 Å². The van der Waals surface area contributed by atoms with E-state index < -0.39 is 5.60 Å². The quantitative estimate of drug-likeness (QED) is 0.437. The van der Waals surface area contributed by atoms with Gasteiger partial charge >= 0.3 is 0 Å². The third-order valence-corrected chi connectivity index (χ3v) is 5.23. The topological polar surface area (TPSA) is 69.0 Å². The van der Waals surface area contributed by atoms with E-state index >= 15 is 0 Å². The molecular formula is C26H35N3O4. The largest absolute Gasteiger partial charge is 0.493 e. The fourth-order valence-electron chi connectivity index (χ4n) is 3.78. The Balaban J connectivity index is 2.09. The summed E-state index contributed by atoms with van der Waals surface area (Å²) < 4.78 is 19.2. The summed E-state index contributed by atoms with van der Waals surface area (Å²) in [5, 5.41) is 15.4. The van der Waals surface area contributed by atoms with Crippen LogP contribution in [0.3, 0.4) is 0 Å². The zero-order chi connectivity index (χ0) is 23.8. The number of ether oxygens (including phenoxy) is 3. The fraction of sp³-hybridized carbons (Fsp3) is 0.423. The molecule has 1 heterocycles. The van der Waals surface area contributed by atoms with E-state index in [4.69, 9.17) is 19.3 Å². The number of methoxy groups -OCH3 is 2. The van der Waals surface area contributed by atoms with Crippen LogP contribution in [0.5, 0.6) is 17.4 Å². The van der Waals surface area contributed by atoms with Crippen molar-refractivity contribution in [3.8, 4) is 23.1 Å². The van der Waals surface area contributed by atoms with Gasteiger partial charge in [-0.3, -0.25) is 4.90 Å². The van der Waals surface area contributed by atoms with E-state index in [1.807, 2.05) is 73.1 Å². The van der Waals surface area contributed by atoms with E-state index in [1.54, 1.807) is 14.2 Å². The highest BCUT2D eigenvalue weighted by atomic mass is 16.5. The van der Waals surface area contributed by atoms with E-state index in [2.05, 4.69) is 11.8 Å². The standard InChI is InChI=1S/C26H35N3O4/c1-6-22-21(18-28(16-17-31-4)19-26(2,3)30)25(29(27-22)20-12-8-7-9-13-20)33-24-15-11-10-14-23(24)32-5/h7-15,30H,6,16-19H2,1-5H3. The van der Waals surface area contributed by atoms with Gasteiger partial charge in [0.2, 0.25) is 5.88 Å². The number of para-hydroxylation sites is 3. The van der Waals surface area contributed by atoms with Crippen LogP contribution in [0.15, 0.2) is 54.6 Å². The number of benzene rings is 2. The maximum Gasteiger partial charge on any atom is 0.227 e. The van der Waals surface area contributed by atoms with Crippen LogP contribution in [0, 0.1) is 0 Å². The molecule has 2 aromatic carbocycles. The van der Waals surface area contributed by atoms with Crippen LogP contribution in [-0.4, -0.2) is 59.3 Å². The average Bonchev–Trinajstić information content (AvgIpc) is 3.14. The van der Waals surface area contributed by atoms with Gasteiger partial charge in [0.05, 0.1) is 36.3 Å². The molecule has 3 rings (SSSR count). The molecule has 0 atom stereocenters. The van der Waals surface area contributed by atoms with Crippen molar-refractivity contribution < 1.29 is 19.3 Å². The molecule has 7 heteroatoms. The maximum atomic E-state index is 10.5. The predicted molar refractivity (Wildman–Crippen MR) is 129 cm³/mol. The number of aryl methyl sites for hydroxylation is 1. The minimum Gasteiger partial charge on any atom is -0.493 e. The molecule has 0 saturated carbocycles. The summed E-state index contributed by atoms with van der Waals surface area (Å²) in [6, 6.07) is 17.5. The summed E-state index contributed by atoms with van der Waals surface area (Å²) in [6.45, 7) is 8.00. The van der Waals surface area contributed by atoms with Gasteiger partial charge in [-0.2, -0.15) is 5.10 Å². The average molecular weight is 454 g/mol. The SMILES string of the molecule is CCc1nn(-c2ccccc2)c(Oc2ccccc2OC)c1CN(CCOC)CC(C)(C)O. The molecule has 0 spiro atoms. The Hall–Kier alpha value is -2.87. The molecule has 0 radical (unpaired) electrons. The van der Waals surface area contributed by atoms with Crippen molar-refractivity contribution >= 4 is 0 Å². The van der Waals surface area contributed by atoms with Crippen LogP contribution in [0.2, 0.25) is 0 Å². The second-order valence-corrected chi connectivity index (χ2v) is 8.60. The van der Waals surface area contributed by atoms with Gasteiger partial charge in [0.15, 0.2) is 11.5 Å². The Kier molecular flexibility index (Phi) is 8.49. The number of rotatable bonds is 12. The zero-order valence-electron chi connectivity index (χ0n) is 20.2. The molecule has 1 N–H and O–H groups in total. The first-order valence-electron chi connectivity index (χ1n) is 11.3. The van der Waals surface area contributed by atoms with Crippen LogP contribution in [0.25, 0.3) is 5.69 Å². The van der Waals surface area contributed by atoms with Crippen LogP contribution < -0.4 is 9.47 Å². The van der Waals surface area contributed by atoms with Gasteiger partial charge in [0.25, 0.3) is 0 Å². The highest BCUT2D eigenvalue weighted by Crippen LogP contribution is 2.36. The Labute approximate surface area is 196 Å². The van der Waals surface area contributed by atoms with Crippen molar-refractivity contribution in [3.05, 3.63) is 65.9 Å². The molecule has 0 aliphatic rings. The van der Waals surface area contributed by atoms with E-state index in [0.29, 0.717) is 43.6 Å². The van der Waals surface area contributed by atoms with E-state index in [-0.39, 0.29) is 0 Å². The number of hydrogen-bond donors (Lipinski definition) is 1. The minimum atomic E-state index is -0.848. The lowest BCUT2D eigenvalue weighted by molar-refractivity contribution is 0.0244. The smallest absolute Gasteiger partial charge is 0.227 e. The second-order valence-electron chi connectivity index (χ2n) is 8.60. The normalized spacial score (nSPS) is 11.7. The van der Waals surface area contributed by atoms with Crippen LogP contribution in [0.1, 0.15) is 32.0 Å². The Morgan fingerprint density at radius 2 is 1.67 bits per heavy atom. The number of aromatic nitrogens is 2. The van der Waals surface area contributed by atoms with E-state index in [1.165, 1.54) is 0 Å². The first kappa shape index (κ1) is 24.8. The Morgan fingerprint density at radius 1 is 1.00 bits per heavy atom. The van der Waals surface area contributed by atoms with Crippen LogP contribution in [-0.2, 0) is 17.7 Å². The van der Waals surface area contributed by atoms with Gasteiger partial charge in [0, 0.05) is 26.7 Å². The summed E-state index contributed by atoms with van der Waals surface area (Å²) in [6.07, 6.45) is 0.748. The fourth-order valence-corrected chi connectivity index (χ4v) is 3.78. The molecule has 0 bridgehead atoms. The van der Waals surface area contributed by atoms with Crippen LogP contribution in [0.4, 0.5) is 0 Å². The number of nitrogens with zero attached hydrogens (tertiary/aromatic N) is 3. The Morgan fingerprint density at radius 3 is 2.27 bits per heavy atom. The summed E-state index contributed by atoms with van der Waals surface area (Å²) >= 11 is 0. The summed E-state index contributed by atoms with van der Waals surface area (Å²) in [7, 11) is 3.31. The molecule has 178 valence electrons. The highest BCUT2D eigenvalue weighted by Gasteiger charge is 2.26. The monoisotopic (exact) mass is 453 g/mol. The van der Waals surface area contributed by atoms with Gasteiger partial charge in [-0.25, -0.2) is 4.68 Å². The summed E-state index contributed by atoms with van der Waals surface area (Å²) in [5.41, 5.74) is 1.99. The lowest BCUT2D eigenvalue weighted by Crippen LogP contribution is -2.40. The van der Waals surface area contributed by atoms with Crippen molar-refractivity contribution in [2.24, 2.45) is 0 Å². The van der Waals surface area contributed by atoms with Gasteiger partial charge < -0.3 is 19.3 Å². The van der Waals surface area contributed by atoms with Crippen molar-refractivity contribution in [1.82, 2.24) is 14.7 Å². The zero-order valence-corrected chi connectivity index (χ0v) is 20.2. The van der Waals surface area contributed by atoms with E-state index in [0.717, 1.165) is 23.4 Å². The summed E-state index contributed by atoms with van der Waals surface area (Å²) in [5.74, 6) is 1.91. The lowest BCUT2D eigenvalue weighted by atomic mass is 10.1. The van der Waals surface area contributed by atoms with Crippen molar-refractivity contribution in [2.75, 3.05) is 33.9 Å². The molecule has 3 aromatic rings. The Bertz CT molecular complexity index is 1010. The second kappa shape index (κ2) is 11.3. The number of aliphatic hydroxyl groups is 1. The number of hydrogen-bond acceptors (Lipinski definition) is 6. The third kappa shape index (κ3) is 6.57. The maximum absolute atomic E-state index is 10.5. The molecule has 0 aliphatic heterocycles. The molecule has 0 amide bonds. The predicted octanol–water partition coefficient (Wildman–Crippen LogP) is 4.45. The summed E-state index contributed by atoms with van der Waals surface area (Å²) in [4.78, 5) is 2.17. The van der Waals surface area contributed by atoms with Gasteiger partial charge in [-0.1, -0.05) is 37.3 Å². The molecule has 0 unspecified atom stereocenters.